The summed E-state index contributed by atoms with van der Waals surface area (Å²) in [6, 6.07) is 6.52. The zero-order valence-corrected chi connectivity index (χ0v) is 8.17. The smallest absolute Gasteiger partial charge is 0.104 e. The van der Waals surface area contributed by atoms with E-state index < -0.39 is 0 Å². The normalized spacial score (nSPS) is 17.2. The highest BCUT2D eigenvalue weighted by Gasteiger charge is 2.18. The summed E-state index contributed by atoms with van der Waals surface area (Å²) in [6.45, 7) is 4.21. The highest BCUT2D eigenvalue weighted by atomic mass is 14.9. The molecule has 1 aromatic heterocycles. The number of nitrogens with one attached hydrogen (secondary N) is 2. The van der Waals surface area contributed by atoms with Gasteiger partial charge in [0.25, 0.3) is 0 Å². The maximum absolute atomic E-state index is 4.39. The predicted octanol–water partition coefficient (Wildman–Crippen LogP) is 1.56. The van der Waals surface area contributed by atoms with Gasteiger partial charge in [-0.05, 0) is 24.6 Å². The molecule has 0 aliphatic carbocycles. The fraction of sp³-hybridized carbons (Fsp3) is 0.364. The topological polar surface area (TPSA) is 40.7 Å². The molecule has 0 amide bonds. The molecule has 1 aromatic carbocycles. The Kier molecular flexibility index (Phi) is 1.61. The van der Waals surface area contributed by atoms with Gasteiger partial charge in [-0.15, -0.1) is 0 Å². The van der Waals surface area contributed by atoms with E-state index in [1.807, 2.05) is 6.92 Å². The van der Waals surface area contributed by atoms with Crippen LogP contribution < -0.4 is 5.32 Å². The summed E-state index contributed by atoms with van der Waals surface area (Å²) in [5.41, 5.74) is 3.64. The number of fused-ring (bicyclic) bond motifs is 1. The van der Waals surface area contributed by atoms with E-state index in [-0.39, 0.29) is 0 Å². The van der Waals surface area contributed by atoms with Gasteiger partial charge >= 0.3 is 0 Å². The number of nitrogens with zero attached hydrogens (tertiary/aromatic N) is 1. The third kappa shape index (κ3) is 1.13. The Bertz CT molecular complexity index is 468. The van der Waals surface area contributed by atoms with E-state index in [1.54, 1.807) is 0 Å². The second-order valence-electron chi connectivity index (χ2n) is 3.95. The molecule has 0 radical (unpaired) electrons. The molecule has 1 aliphatic rings. The minimum absolute atomic E-state index is 0.697. The summed E-state index contributed by atoms with van der Waals surface area (Å²) in [7, 11) is 0. The molecule has 1 fully saturated rings. The first-order valence-electron chi connectivity index (χ1n) is 5.00. The predicted molar refractivity (Wildman–Crippen MR) is 56.4 cm³/mol. The number of aromatic nitrogens is 2. The third-order valence-corrected chi connectivity index (χ3v) is 2.88. The summed E-state index contributed by atoms with van der Waals surface area (Å²) < 4.78 is 0. The maximum atomic E-state index is 4.39. The van der Waals surface area contributed by atoms with Crippen molar-refractivity contribution in [3.8, 4) is 0 Å². The Morgan fingerprint density at radius 3 is 2.93 bits per heavy atom. The molecule has 1 saturated heterocycles. The number of H-pyrrole nitrogens is 1. The zero-order chi connectivity index (χ0) is 9.54. The third-order valence-electron chi connectivity index (χ3n) is 2.88. The molecule has 3 nitrogen and oxygen atoms in total. The van der Waals surface area contributed by atoms with Crippen LogP contribution in [0.4, 0.5) is 0 Å². The van der Waals surface area contributed by atoms with Crippen molar-refractivity contribution in [1.29, 1.82) is 0 Å². The van der Waals surface area contributed by atoms with Gasteiger partial charge in [0.2, 0.25) is 0 Å². The maximum Gasteiger partial charge on any atom is 0.104 e. The number of aryl methyl sites for hydroxylation is 1. The van der Waals surface area contributed by atoms with Crippen LogP contribution in [0.15, 0.2) is 18.2 Å². The van der Waals surface area contributed by atoms with Crippen LogP contribution in [0.1, 0.15) is 17.3 Å². The molecule has 2 aromatic rings. The first-order chi connectivity index (χ1) is 6.83. The highest BCUT2D eigenvalue weighted by Crippen LogP contribution is 2.23. The number of rotatable bonds is 1. The van der Waals surface area contributed by atoms with Gasteiger partial charge in [-0.1, -0.05) is 6.07 Å². The van der Waals surface area contributed by atoms with Crippen molar-refractivity contribution in [2.24, 2.45) is 0 Å². The number of imidazole rings is 1. The van der Waals surface area contributed by atoms with Gasteiger partial charge in [0.15, 0.2) is 0 Å². The summed E-state index contributed by atoms with van der Waals surface area (Å²) in [6.07, 6.45) is 0. The lowest BCUT2D eigenvalue weighted by molar-refractivity contribution is 0.449. The van der Waals surface area contributed by atoms with Crippen molar-refractivity contribution in [3.05, 3.63) is 29.6 Å². The monoisotopic (exact) mass is 187 g/mol. The Morgan fingerprint density at radius 1 is 1.36 bits per heavy atom. The Labute approximate surface area is 82.5 Å². The van der Waals surface area contributed by atoms with Gasteiger partial charge in [0, 0.05) is 19.0 Å². The Hall–Kier alpha value is -1.35. The molecule has 14 heavy (non-hydrogen) atoms. The minimum Gasteiger partial charge on any atom is -0.342 e. The molecule has 1 aliphatic heterocycles. The molecule has 0 saturated carbocycles. The average molecular weight is 187 g/mol. The molecule has 72 valence electrons. The van der Waals surface area contributed by atoms with Gasteiger partial charge in [-0.3, -0.25) is 0 Å². The molecular weight excluding hydrogens is 174 g/mol. The van der Waals surface area contributed by atoms with E-state index >= 15 is 0 Å². The number of benzene rings is 1. The van der Waals surface area contributed by atoms with Crippen molar-refractivity contribution in [2.45, 2.75) is 12.8 Å². The SMILES string of the molecule is Cc1nc2ccc(C3CNC3)cc2[nH]1. The number of hydrogen-bond acceptors (Lipinski definition) is 2. The molecule has 2 heterocycles. The van der Waals surface area contributed by atoms with E-state index in [9.17, 15) is 0 Å². The van der Waals surface area contributed by atoms with E-state index in [2.05, 4.69) is 33.5 Å². The van der Waals surface area contributed by atoms with Gasteiger partial charge < -0.3 is 10.3 Å². The zero-order valence-electron chi connectivity index (χ0n) is 8.17. The summed E-state index contributed by atoms with van der Waals surface area (Å²) in [4.78, 5) is 7.66. The average Bonchev–Trinajstić information content (AvgIpc) is 2.40. The molecule has 0 atom stereocenters. The van der Waals surface area contributed by atoms with Gasteiger partial charge in [0.1, 0.15) is 5.82 Å². The Morgan fingerprint density at radius 2 is 2.21 bits per heavy atom. The molecule has 0 unspecified atom stereocenters. The first kappa shape index (κ1) is 8.00. The summed E-state index contributed by atoms with van der Waals surface area (Å²) >= 11 is 0. The lowest BCUT2D eigenvalue weighted by Crippen LogP contribution is -2.39. The van der Waals surface area contributed by atoms with Crippen LogP contribution in [0.3, 0.4) is 0 Å². The van der Waals surface area contributed by atoms with Crippen LogP contribution in [0.5, 0.6) is 0 Å². The van der Waals surface area contributed by atoms with Crippen molar-refractivity contribution < 1.29 is 0 Å². The molecule has 3 rings (SSSR count). The van der Waals surface area contributed by atoms with E-state index in [4.69, 9.17) is 0 Å². The van der Waals surface area contributed by atoms with Crippen molar-refractivity contribution >= 4 is 11.0 Å². The highest BCUT2D eigenvalue weighted by molar-refractivity contribution is 5.76. The van der Waals surface area contributed by atoms with Crippen LogP contribution in [0, 0.1) is 6.92 Å². The lowest BCUT2D eigenvalue weighted by Gasteiger charge is -2.27. The van der Waals surface area contributed by atoms with Crippen LogP contribution in [0.2, 0.25) is 0 Å². The molecule has 3 heteroatoms. The van der Waals surface area contributed by atoms with Crippen molar-refractivity contribution in [2.75, 3.05) is 13.1 Å². The van der Waals surface area contributed by atoms with Crippen LogP contribution in [-0.2, 0) is 0 Å². The summed E-state index contributed by atoms with van der Waals surface area (Å²) in [5, 5.41) is 3.29. The van der Waals surface area contributed by atoms with Crippen LogP contribution >= 0.6 is 0 Å². The fourth-order valence-corrected chi connectivity index (χ4v) is 1.93. The number of hydrogen-bond donors (Lipinski definition) is 2. The lowest BCUT2D eigenvalue weighted by atomic mass is 9.93. The Balaban J connectivity index is 2.09. The van der Waals surface area contributed by atoms with E-state index in [0.717, 1.165) is 29.9 Å². The molecule has 0 bridgehead atoms. The molecule has 0 spiro atoms. The van der Waals surface area contributed by atoms with Crippen LogP contribution in [-0.4, -0.2) is 23.1 Å². The summed E-state index contributed by atoms with van der Waals surface area (Å²) in [5.74, 6) is 1.69. The second-order valence-corrected chi connectivity index (χ2v) is 3.95. The van der Waals surface area contributed by atoms with E-state index in [1.165, 1.54) is 5.56 Å². The van der Waals surface area contributed by atoms with Gasteiger partial charge in [-0.2, -0.15) is 0 Å². The molecular formula is C11H13N3. The second kappa shape index (κ2) is 2.82. The van der Waals surface area contributed by atoms with Gasteiger partial charge in [-0.25, -0.2) is 4.98 Å². The largest absolute Gasteiger partial charge is 0.342 e. The molecule has 2 N–H and O–H groups in total. The first-order valence-corrected chi connectivity index (χ1v) is 5.00. The quantitative estimate of drug-likeness (QED) is 0.711. The fourth-order valence-electron chi connectivity index (χ4n) is 1.93. The standard InChI is InChI=1S/C11H13N3/c1-7-13-10-3-2-8(4-11(10)14-7)9-5-12-6-9/h2-4,9,12H,5-6H2,1H3,(H,13,14). The number of aromatic amines is 1. The van der Waals surface area contributed by atoms with Crippen LogP contribution in [0.25, 0.3) is 11.0 Å². The van der Waals surface area contributed by atoms with Gasteiger partial charge in [0.05, 0.1) is 11.0 Å². The van der Waals surface area contributed by atoms with E-state index in [0.29, 0.717) is 5.92 Å². The minimum atomic E-state index is 0.697. The van der Waals surface area contributed by atoms with Crippen molar-refractivity contribution in [3.63, 3.8) is 0 Å². The van der Waals surface area contributed by atoms with Crippen molar-refractivity contribution in [1.82, 2.24) is 15.3 Å².